The molecule has 0 bridgehead atoms. The molecule has 1 aromatic carbocycles. The molecule has 1 amide bonds. The van der Waals surface area contributed by atoms with Crippen LogP contribution in [0, 0.1) is 5.92 Å². The van der Waals surface area contributed by atoms with Gasteiger partial charge >= 0.3 is 0 Å². The molecule has 2 unspecified atom stereocenters. The molecule has 3 heteroatoms. The van der Waals surface area contributed by atoms with Crippen LogP contribution < -0.4 is 5.32 Å². The molecule has 1 aliphatic heterocycles. The normalized spacial score (nSPS) is 17.2. The number of nitrogens with one attached hydrogen (secondary N) is 1. The highest BCUT2D eigenvalue weighted by molar-refractivity contribution is 6.21. The van der Waals surface area contributed by atoms with Crippen molar-refractivity contribution in [2.75, 3.05) is 6.54 Å². The standard InChI is InChI=1S/C17H24ClNO/c1-3-5-6-12(4-2)16(18)14-8-7-13-9-10-19-17(20)15(13)11-14/h7-8,11-12,16H,3-6,9-10H2,1-2H3,(H,19,20). The molecular formula is C17H24ClNO. The summed E-state index contributed by atoms with van der Waals surface area (Å²) >= 11 is 6.67. The molecule has 2 nitrogen and oxygen atoms in total. The zero-order valence-corrected chi connectivity index (χ0v) is 13.2. The van der Waals surface area contributed by atoms with Crippen molar-refractivity contribution in [3.8, 4) is 0 Å². The van der Waals surface area contributed by atoms with E-state index in [1.165, 1.54) is 12.8 Å². The van der Waals surface area contributed by atoms with Gasteiger partial charge < -0.3 is 5.32 Å². The van der Waals surface area contributed by atoms with Crippen LogP contribution in [0.2, 0.25) is 0 Å². The quantitative estimate of drug-likeness (QED) is 0.770. The van der Waals surface area contributed by atoms with E-state index in [4.69, 9.17) is 11.6 Å². The molecule has 1 heterocycles. The smallest absolute Gasteiger partial charge is 0.251 e. The van der Waals surface area contributed by atoms with Crippen LogP contribution in [-0.2, 0) is 6.42 Å². The summed E-state index contributed by atoms with van der Waals surface area (Å²) < 4.78 is 0. The van der Waals surface area contributed by atoms with Gasteiger partial charge in [-0.15, -0.1) is 11.6 Å². The monoisotopic (exact) mass is 293 g/mol. The molecule has 1 N–H and O–H groups in total. The number of fused-ring (bicyclic) bond motifs is 1. The molecule has 0 aliphatic carbocycles. The third-order valence-electron chi connectivity index (χ3n) is 4.24. The summed E-state index contributed by atoms with van der Waals surface area (Å²) in [6.45, 7) is 5.14. The highest BCUT2D eigenvalue weighted by Crippen LogP contribution is 2.35. The van der Waals surface area contributed by atoms with E-state index in [1.54, 1.807) is 0 Å². The molecular weight excluding hydrogens is 270 g/mol. The lowest BCUT2D eigenvalue weighted by atomic mass is 9.89. The largest absolute Gasteiger partial charge is 0.352 e. The molecule has 0 aromatic heterocycles. The molecule has 2 atom stereocenters. The summed E-state index contributed by atoms with van der Waals surface area (Å²) in [5.41, 5.74) is 3.04. The van der Waals surface area contributed by atoms with Gasteiger partial charge in [0, 0.05) is 12.1 Å². The Kier molecular flexibility index (Phi) is 5.47. The molecule has 20 heavy (non-hydrogen) atoms. The average Bonchev–Trinajstić information content (AvgIpc) is 2.48. The van der Waals surface area contributed by atoms with Gasteiger partial charge in [-0.25, -0.2) is 0 Å². The third-order valence-corrected chi connectivity index (χ3v) is 4.85. The number of carbonyl (C=O) groups excluding carboxylic acids is 1. The summed E-state index contributed by atoms with van der Waals surface area (Å²) in [7, 11) is 0. The number of hydrogen-bond donors (Lipinski definition) is 1. The summed E-state index contributed by atoms with van der Waals surface area (Å²) in [6, 6.07) is 6.17. The third kappa shape index (κ3) is 3.35. The predicted molar refractivity (Wildman–Crippen MR) is 84.4 cm³/mol. The molecule has 2 rings (SSSR count). The van der Waals surface area contributed by atoms with Crippen molar-refractivity contribution in [2.45, 2.75) is 51.3 Å². The first-order valence-corrected chi connectivity index (χ1v) is 8.16. The fraction of sp³-hybridized carbons (Fsp3) is 0.588. The number of benzene rings is 1. The number of unbranched alkanes of at least 4 members (excludes halogenated alkanes) is 1. The minimum Gasteiger partial charge on any atom is -0.352 e. The van der Waals surface area contributed by atoms with Crippen LogP contribution in [0.1, 0.15) is 66.4 Å². The van der Waals surface area contributed by atoms with Crippen molar-refractivity contribution in [3.63, 3.8) is 0 Å². The van der Waals surface area contributed by atoms with Gasteiger partial charge in [0.2, 0.25) is 0 Å². The van der Waals surface area contributed by atoms with Crippen LogP contribution in [-0.4, -0.2) is 12.5 Å². The zero-order chi connectivity index (χ0) is 14.5. The number of amides is 1. The molecule has 0 saturated heterocycles. The van der Waals surface area contributed by atoms with E-state index in [0.29, 0.717) is 5.92 Å². The van der Waals surface area contributed by atoms with Crippen molar-refractivity contribution in [3.05, 3.63) is 34.9 Å². The second-order valence-corrected chi connectivity index (χ2v) is 6.10. The van der Waals surface area contributed by atoms with E-state index < -0.39 is 0 Å². The van der Waals surface area contributed by atoms with Crippen LogP contribution in [0.5, 0.6) is 0 Å². The Labute approximate surface area is 126 Å². The molecule has 0 radical (unpaired) electrons. The SMILES string of the molecule is CCCCC(CC)C(Cl)c1ccc2c(c1)C(=O)NCC2. The predicted octanol–water partition coefficient (Wildman–Crippen LogP) is 4.47. The average molecular weight is 294 g/mol. The maximum atomic E-state index is 11.9. The van der Waals surface area contributed by atoms with Gasteiger partial charge in [0.1, 0.15) is 0 Å². The van der Waals surface area contributed by atoms with E-state index >= 15 is 0 Å². The minimum atomic E-state index is 0.00609. The maximum Gasteiger partial charge on any atom is 0.251 e. The van der Waals surface area contributed by atoms with Gasteiger partial charge in [0.05, 0.1) is 5.38 Å². The van der Waals surface area contributed by atoms with Gasteiger partial charge in [0.25, 0.3) is 5.91 Å². The van der Waals surface area contributed by atoms with Crippen LogP contribution in [0.3, 0.4) is 0 Å². The number of halogens is 1. The van der Waals surface area contributed by atoms with Gasteiger partial charge in [-0.3, -0.25) is 4.79 Å². The first-order valence-electron chi connectivity index (χ1n) is 7.72. The number of hydrogen-bond acceptors (Lipinski definition) is 1. The summed E-state index contributed by atoms with van der Waals surface area (Å²) in [5.74, 6) is 0.528. The van der Waals surface area contributed by atoms with Gasteiger partial charge in [0.15, 0.2) is 0 Å². The van der Waals surface area contributed by atoms with Crippen molar-refractivity contribution in [2.24, 2.45) is 5.92 Å². The topological polar surface area (TPSA) is 29.1 Å². The highest BCUT2D eigenvalue weighted by atomic mass is 35.5. The Hall–Kier alpha value is -1.02. The lowest BCUT2D eigenvalue weighted by molar-refractivity contribution is 0.0946. The second-order valence-electron chi connectivity index (χ2n) is 5.63. The molecule has 0 fully saturated rings. The Bertz CT molecular complexity index is 472. The van der Waals surface area contributed by atoms with Crippen molar-refractivity contribution < 1.29 is 4.79 Å². The van der Waals surface area contributed by atoms with E-state index in [9.17, 15) is 4.79 Å². The molecule has 0 spiro atoms. The van der Waals surface area contributed by atoms with E-state index in [0.717, 1.165) is 42.5 Å². The van der Waals surface area contributed by atoms with Crippen molar-refractivity contribution >= 4 is 17.5 Å². The summed E-state index contributed by atoms with van der Waals surface area (Å²) in [4.78, 5) is 11.9. The Morgan fingerprint density at radius 3 is 2.85 bits per heavy atom. The lowest BCUT2D eigenvalue weighted by Crippen LogP contribution is -2.31. The molecule has 1 aliphatic rings. The van der Waals surface area contributed by atoms with E-state index in [-0.39, 0.29) is 11.3 Å². The first-order chi connectivity index (χ1) is 9.67. The van der Waals surface area contributed by atoms with E-state index in [2.05, 4.69) is 31.3 Å². The van der Waals surface area contributed by atoms with Crippen molar-refractivity contribution in [1.29, 1.82) is 0 Å². The fourth-order valence-electron chi connectivity index (χ4n) is 2.90. The maximum absolute atomic E-state index is 11.9. The van der Waals surface area contributed by atoms with Gasteiger partial charge in [-0.2, -0.15) is 0 Å². The Morgan fingerprint density at radius 1 is 1.35 bits per heavy atom. The summed E-state index contributed by atoms with van der Waals surface area (Å²) in [5, 5.41) is 2.91. The number of carbonyl (C=O) groups is 1. The fourth-order valence-corrected chi connectivity index (χ4v) is 3.34. The second kappa shape index (κ2) is 7.12. The number of alkyl halides is 1. The first kappa shape index (κ1) is 15.4. The van der Waals surface area contributed by atoms with Crippen LogP contribution in [0.4, 0.5) is 0 Å². The van der Waals surface area contributed by atoms with Crippen molar-refractivity contribution in [1.82, 2.24) is 5.32 Å². The molecule has 0 saturated carbocycles. The van der Waals surface area contributed by atoms with Crippen LogP contribution >= 0.6 is 11.6 Å². The summed E-state index contributed by atoms with van der Waals surface area (Å²) in [6.07, 6.45) is 5.57. The zero-order valence-electron chi connectivity index (χ0n) is 12.4. The van der Waals surface area contributed by atoms with Crippen LogP contribution in [0.15, 0.2) is 18.2 Å². The minimum absolute atomic E-state index is 0.00609. The van der Waals surface area contributed by atoms with Gasteiger partial charge in [-0.1, -0.05) is 45.2 Å². The molecule has 1 aromatic rings. The van der Waals surface area contributed by atoms with E-state index in [1.807, 2.05) is 6.07 Å². The highest BCUT2D eigenvalue weighted by Gasteiger charge is 2.22. The Balaban J connectivity index is 2.19. The van der Waals surface area contributed by atoms with Crippen LogP contribution in [0.25, 0.3) is 0 Å². The lowest BCUT2D eigenvalue weighted by Gasteiger charge is -2.23. The number of rotatable bonds is 6. The Morgan fingerprint density at radius 2 is 2.15 bits per heavy atom. The molecule has 110 valence electrons. The van der Waals surface area contributed by atoms with Gasteiger partial charge in [-0.05, 0) is 36.0 Å².